The Kier molecular flexibility index (Phi) is 12.8. The van der Waals surface area contributed by atoms with E-state index in [1.54, 1.807) is 0 Å². The molecular weight excluding hydrogens is 893 g/mol. The van der Waals surface area contributed by atoms with E-state index >= 15 is 0 Å². The molecule has 0 N–H and O–H groups in total. The molecule has 0 atom stereocenters. The van der Waals surface area contributed by atoms with Gasteiger partial charge in [0.15, 0.2) is 0 Å². The lowest BCUT2D eigenvalue weighted by atomic mass is 9.99. The molecule has 0 fully saturated rings. The Morgan fingerprint density at radius 3 is 0.351 bits per heavy atom. The minimum absolute atomic E-state index is 1.09. The zero-order chi connectivity index (χ0) is 49.5. The van der Waals surface area contributed by atoms with Gasteiger partial charge >= 0.3 is 0 Å². The Morgan fingerprint density at radius 2 is 0.216 bits per heavy atom. The van der Waals surface area contributed by atoms with Crippen molar-refractivity contribution in [1.82, 2.24) is 0 Å². The summed E-state index contributed by atoms with van der Waals surface area (Å²) in [6.45, 7) is 0. The minimum Gasteiger partial charge on any atom is -0.311 e. The smallest absolute Gasteiger partial charge is 0.0462 e. The molecule has 0 aliphatic carbocycles. The maximum absolute atomic E-state index is 2.34. The number of benzene rings is 12. The first-order chi connectivity index (χ1) is 36.7. The van der Waals surface area contributed by atoms with Crippen molar-refractivity contribution in [2.45, 2.75) is 0 Å². The van der Waals surface area contributed by atoms with Gasteiger partial charge in [-0.2, -0.15) is 0 Å². The number of nitrogens with zero attached hydrogens (tertiary/aromatic N) is 2. The fourth-order valence-corrected chi connectivity index (χ4v) is 9.94. The second-order valence-electron chi connectivity index (χ2n) is 18.6. The standard InChI is InChI=1S/C72H52N2/c1-5-13-53(14-6-1)57-21-23-58(24-22-57)64-35-47-71(48-36-64)74(69-45-33-63(34-46-69)56-19-11-4-12-20-56)72-51-39-66(40-52-72)60-27-25-59(26-28-60)65-37-49-70(50-38-65)73(67-41-29-61(30-42-67)54-15-7-2-8-16-54)68-43-31-62(32-44-68)55-17-9-3-10-18-55/h1-52H. The highest BCUT2D eigenvalue weighted by Crippen LogP contribution is 2.40. The highest BCUT2D eigenvalue weighted by molar-refractivity contribution is 5.84. The van der Waals surface area contributed by atoms with E-state index in [1.165, 1.54) is 72.3 Å². The third-order valence-electron chi connectivity index (χ3n) is 14.0. The predicted molar refractivity (Wildman–Crippen MR) is 314 cm³/mol. The van der Waals surface area contributed by atoms with Gasteiger partial charge < -0.3 is 9.80 Å². The third-order valence-corrected chi connectivity index (χ3v) is 14.0. The van der Waals surface area contributed by atoms with Crippen LogP contribution < -0.4 is 9.80 Å². The molecule has 0 heterocycles. The second kappa shape index (κ2) is 20.9. The third kappa shape index (κ3) is 9.81. The number of rotatable bonds is 13. The largest absolute Gasteiger partial charge is 0.311 e. The summed E-state index contributed by atoms with van der Waals surface area (Å²) in [4.78, 5) is 4.68. The Labute approximate surface area is 435 Å². The maximum atomic E-state index is 2.34. The van der Waals surface area contributed by atoms with Gasteiger partial charge in [0.2, 0.25) is 0 Å². The molecule has 74 heavy (non-hydrogen) atoms. The monoisotopic (exact) mass is 944 g/mol. The topological polar surface area (TPSA) is 6.48 Å². The van der Waals surface area contributed by atoms with E-state index in [4.69, 9.17) is 0 Å². The molecule has 0 aliphatic heterocycles. The predicted octanol–water partition coefficient (Wildman–Crippen LogP) is 20.3. The lowest BCUT2D eigenvalue weighted by Crippen LogP contribution is -2.09. The minimum atomic E-state index is 1.09. The van der Waals surface area contributed by atoms with Crippen molar-refractivity contribution in [3.8, 4) is 77.9 Å². The molecule has 0 aliphatic rings. The van der Waals surface area contributed by atoms with Crippen LogP contribution in [0.25, 0.3) is 77.9 Å². The quantitative estimate of drug-likeness (QED) is 0.114. The molecule has 0 unspecified atom stereocenters. The van der Waals surface area contributed by atoms with E-state index < -0.39 is 0 Å². The molecule has 350 valence electrons. The number of hydrogen-bond donors (Lipinski definition) is 0. The highest BCUT2D eigenvalue weighted by atomic mass is 15.1. The molecule has 2 heteroatoms. The van der Waals surface area contributed by atoms with Crippen molar-refractivity contribution in [3.05, 3.63) is 315 Å². The van der Waals surface area contributed by atoms with Crippen LogP contribution in [0.1, 0.15) is 0 Å². The average Bonchev–Trinajstić information content (AvgIpc) is 3.49. The maximum Gasteiger partial charge on any atom is 0.0462 e. The molecule has 0 aromatic heterocycles. The summed E-state index contributed by atoms with van der Waals surface area (Å²) < 4.78 is 0. The summed E-state index contributed by atoms with van der Waals surface area (Å²) in [5, 5.41) is 0. The van der Waals surface area contributed by atoms with Crippen LogP contribution in [0.2, 0.25) is 0 Å². The summed E-state index contributed by atoms with van der Waals surface area (Å²) in [6.07, 6.45) is 0. The van der Waals surface area contributed by atoms with Crippen LogP contribution in [0.4, 0.5) is 34.1 Å². The Morgan fingerprint density at radius 1 is 0.108 bits per heavy atom. The summed E-state index contributed by atoms with van der Waals surface area (Å²) in [5.74, 6) is 0. The van der Waals surface area contributed by atoms with Gasteiger partial charge in [-0.25, -0.2) is 0 Å². The van der Waals surface area contributed by atoms with Gasteiger partial charge in [0.25, 0.3) is 0 Å². The molecule has 0 bridgehead atoms. The second-order valence-corrected chi connectivity index (χ2v) is 18.6. The molecule has 12 aromatic rings. The van der Waals surface area contributed by atoms with Crippen LogP contribution in [-0.4, -0.2) is 0 Å². The molecule has 0 spiro atoms. The van der Waals surface area contributed by atoms with Gasteiger partial charge in [-0.1, -0.05) is 243 Å². The van der Waals surface area contributed by atoms with Crippen molar-refractivity contribution < 1.29 is 0 Å². The summed E-state index contributed by atoms with van der Waals surface area (Å²) >= 11 is 0. The van der Waals surface area contributed by atoms with Gasteiger partial charge in [0.1, 0.15) is 0 Å². The average molecular weight is 945 g/mol. The summed E-state index contributed by atoms with van der Waals surface area (Å²) in [6, 6.07) is 113. The Bertz CT molecular complexity index is 3630. The Balaban J connectivity index is 0.799. The SMILES string of the molecule is c1ccc(-c2ccc(-c3ccc(N(c4ccc(-c5ccccc5)cc4)c4ccc(-c5ccc(-c6ccc(N(c7ccc(-c8ccccc8)cc7)c7ccc(-c8ccccc8)cc7)cc6)cc5)cc4)cc3)cc2)cc1. The van der Waals surface area contributed by atoms with Gasteiger partial charge in [0, 0.05) is 34.1 Å². The molecule has 0 saturated heterocycles. The van der Waals surface area contributed by atoms with Crippen LogP contribution in [0.5, 0.6) is 0 Å². The molecular formula is C72H52N2. The normalized spacial score (nSPS) is 11.0. The van der Waals surface area contributed by atoms with Gasteiger partial charge in [-0.3, -0.25) is 0 Å². The van der Waals surface area contributed by atoms with Gasteiger partial charge in [-0.05, 0) is 151 Å². The van der Waals surface area contributed by atoms with Gasteiger partial charge in [0.05, 0.1) is 0 Å². The van der Waals surface area contributed by atoms with Crippen molar-refractivity contribution >= 4 is 34.1 Å². The van der Waals surface area contributed by atoms with Crippen molar-refractivity contribution in [2.75, 3.05) is 9.80 Å². The zero-order valence-corrected chi connectivity index (χ0v) is 40.9. The van der Waals surface area contributed by atoms with Crippen LogP contribution in [0.15, 0.2) is 315 Å². The van der Waals surface area contributed by atoms with Crippen molar-refractivity contribution in [1.29, 1.82) is 0 Å². The zero-order valence-electron chi connectivity index (χ0n) is 40.9. The molecule has 0 amide bonds. The van der Waals surface area contributed by atoms with E-state index in [0.717, 1.165) is 39.7 Å². The molecule has 0 radical (unpaired) electrons. The van der Waals surface area contributed by atoms with Crippen molar-refractivity contribution in [3.63, 3.8) is 0 Å². The first-order valence-corrected chi connectivity index (χ1v) is 25.3. The molecule has 0 saturated carbocycles. The molecule has 2 nitrogen and oxygen atoms in total. The Hall–Kier alpha value is -9.76. The van der Waals surface area contributed by atoms with E-state index in [1.807, 2.05) is 0 Å². The molecule has 12 aromatic carbocycles. The van der Waals surface area contributed by atoms with Crippen LogP contribution in [-0.2, 0) is 0 Å². The lowest BCUT2D eigenvalue weighted by Gasteiger charge is -2.26. The summed E-state index contributed by atoms with van der Waals surface area (Å²) in [5.41, 5.74) is 23.2. The van der Waals surface area contributed by atoms with Gasteiger partial charge in [-0.15, -0.1) is 0 Å². The van der Waals surface area contributed by atoms with Crippen LogP contribution in [0.3, 0.4) is 0 Å². The van der Waals surface area contributed by atoms with Crippen LogP contribution >= 0.6 is 0 Å². The van der Waals surface area contributed by atoms with Crippen molar-refractivity contribution in [2.24, 2.45) is 0 Å². The van der Waals surface area contributed by atoms with E-state index in [2.05, 4.69) is 325 Å². The van der Waals surface area contributed by atoms with Crippen LogP contribution in [0, 0.1) is 0 Å². The van der Waals surface area contributed by atoms with E-state index in [9.17, 15) is 0 Å². The fourth-order valence-electron chi connectivity index (χ4n) is 9.94. The first kappa shape index (κ1) is 45.4. The van der Waals surface area contributed by atoms with E-state index in [-0.39, 0.29) is 0 Å². The first-order valence-electron chi connectivity index (χ1n) is 25.3. The fraction of sp³-hybridized carbons (Fsp3) is 0. The summed E-state index contributed by atoms with van der Waals surface area (Å²) in [7, 11) is 0. The highest BCUT2D eigenvalue weighted by Gasteiger charge is 2.16. The lowest BCUT2D eigenvalue weighted by molar-refractivity contribution is 1.28. The number of hydrogen-bond acceptors (Lipinski definition) is 2. The molecule has 12 rings (SSSR count). The van der Waals surface area contributed by atoms with E-state index in [0.29, 0.717) is 0 Å². The number of anilines is 6.